The van der Waals surface area contributed by atoms with Gasteiger partial charge in [-0.2, -0.15) is 0 Å². The molecule has 0 aromatic heterocycles. The number of hydrogen-bond acceptors (Lipinski definition) is 2. The van der Waals surface area contributed by atoms with Gasteiger partial charge in [0.05, 0.1) is 0 Å². The largest absolute Gasteiger partial charge is 0.309 e. The fraction of sp³-hybridized carbons (Fsp3) is 0.923. The van der Waals surface area contributed by atoms with E-state index in [-0.39, 0.29) is 17.0 Å². The molecule has 2 heteroatoms. The molecule has 0 aliphatic rings. The number of ketones is 1. The average molecular weight is 213 g/mol. The van der Waals surface area contributed by atoms with E-state index in [1.54, 1.807) is 0 Å². The van der Waals surface area contributed by atoms with E-state index in [2.05, 4.69) is 33.0 Å². The first-order chi connectivity index (χ1) is 6.58. The first-order valence-corrected chi connectivity index (χ1v) is 5.89. The van der Waals surface area contributed by atoms with Crippen LogP contribution in [0.2, 0.25) is 0 Å². The van der Waals surface area contributed by atoms with Crippen molar-refractivity contribution in [1.29, 1.82) is 0 Å². The van der Waals surface area contributed by atoms with Gasteiger partial charge in [-0.1, -0.05) is 27.7 Å². The van der Waals surface area contributed by atoms with Gasteiger partial charge in [-0.25, -0.2) is 0 Å². The monoisotopic (exact) mass is 213 g/mol. The summed E-state index contributed by atoms with van der Waals surface area (Å²) in [5, 5.41) is 3.49. The smallest absolute Gasteiger partial charge is 0.139 e. The van der Waals surface area contributed by atoms with Crippen LogP contribution < -0.4 is 5.32 Å². The Kier molecular flexibility index (Phi) is 4.98. The predicted molar refractivity (Wildman–Crippen MR) is 66.0 cm³/mol. The zero-order chi connectivity index (χ0) is 12.3. The molecule has 0 aliphatic carbocycles. The van der Waals surface area contributed by atoms with Crippen LogP contribution in [0, 0.1) is 5.41 Å². The maximum absolute atomic E-state index is 11.8. The van der Waals surface area contributed by atoms with Crippen molar-refractivity contribution in [1.82, 2.24) is 5.32 Å². The highest BCUT2D eigenvalue weighted by atomic mass is 16.1. The second kappa shape index (κ2) is 5.11. The first kappa shape index (κ1) is 14.6. The molecule has 0 fully saturated rings. The Balaban J connectivity index is 4.16. The van der Waals surface area contributed by atoms with Crippen LogP contribution in [0.3, 0.4) is 0 Å². The lowest BCUT2D eigenvalue weighted by Crippen LogP contribution is -2.45. The van der Waals surface area contributed by atoms with Gasteiger partial charge in [0.25, 0.3) is 0 Å². The summed E-state index contributed by atoms with van der Waals surface area (Å²) >= 11 is 0. The molecule has 15 heavy (non-hydrogen) atoms. The summed E-state index contributed by atoms with van der Waals surface area (Å²) in [5.74, 6) is 0.328. The standard InChI is InChI=1S/C13H27NO/c1-8-13(6,7)14-10(2)9-11(15)12(3,4)5/h10,14H,8-9H2,1-7H3. The van der Waals surface area contributed by atoms with Crippen molar-refractivity contribution < 1.29 is 4.79 Å². The fourth-order valence-electron chi connectivity index (χ4n) is 1.40. The second-order valence-electron chi connectivity index (χ2n) is 6.16. The van der Waals surface area contributed by atoms with E-state index in [1.165, 1.54) is 0 Å². The van der Waals surface area contributed by atoms with Gasteiger partial charge in [-0.3, -0.25) is 4.79 Å². The molecule has 0 saturated carbocycles. The summed E-state index contributed by atoms with van der Waals surface area (Å²) in [6, 6.07) is 0.256. The molecule has 90 valence electrons. The Morgan fingerprint density at radius 3 is 2.00 bits per heavy atom. The van der Waals surface area contributed by atoms with Gasteiger partial charge >= 0.3 is 0 Å². The molecule has 0 heterocycles. The van der Waals surface area contributed by atoms with Gasteiger partial charge in [0, 0.05) is 23.4 Å². The second-order valence-corrected chi connectivity index (χ2v) is 6.16. The van der Waals surface area contributed by atoms with E-state index in [4.69, 9.17) is 0 Å². The molecule has 0 aromatic carbocycles. The number of rotatable bonds is 5. The van der Waals surface area contributed by atoms with E-state index in [0.717, 1.165) is 6.42 Å². The summed E-state index contributed by atoms with van der Waals surface area (Å²) in [4.78, 5) is 11.8. The molecule has 0 aliphatic heterocycles. The van der Waals surface area contributed by atoms with E-state index < -0.39 is 0 Å². The van der Waals surface area contributed by atoms with Crippen molar-refractivity contribution in [2.24, 2.45) is 5.41 Å². The van der Waals surface area contributed by atoms with Gasteiger partial charge in [-0.05, 0) is 27.2 Å². The third-order valence-electron chi connectivity index (χ3n) is 2.85. The lowest BCUT2D eigenvalue weighted by Gasteiger charge is -2.30. The molecule has 0 bridgehead atoms. The lowest BCUT2D eigenvalue weighted by atomic mass is 9.87. The van der Waals surface area contributed by atoms with E-state index in [0.29, 0.717) is 12.2 Å². The maximum Gasteiger partial charge on any atom is 0.139 e. The van der Waals surface area contributed by atoms with Crippen LogP contribution in [0.25, 0.3) is 0 Å². The van der Waals surface area contributed by atoms with Crippen LogP contribution in [0.1, 0.15) is 61.3 Å². The molecule has 1 unspecified atom stereocenters. The van der Waals surface area contributed by atoms with Crippen molar-refractivity contribution in [2.75, 3.05) is 0 Å². The Morgan fingerprint density at radius 1 is 1.20 bits per heavy atom. The predicted octanol–water partition coefficient (Wildman–Crippen LogP) is 3.16. The molecule has 0 amide bonds. The highest BCUT2D eigenvalue weighted by Gasteiger charge is 2.25. The van der Waals surface area contributed by atoms with Crippen molar-refractivity contribution in [3.05, 3.63) is 0 Å². The Bertz CT molecular complexity index is 213. The van der Waals surface area contributed by atoms with Crippen LogP contribution in [0.4, 0.5) is 0 Å². The van der Waals surface area contributed by atoms with Crippen LogP contribution in [0.15, 0.2) is 0 Å². The van der Waals surface area contributed by atoms with E-state index >= 15 is 0 Å². The summed E-state index contributed by atoms with van der Waals surface area (Å²) in [6.45, 7) is 14.5. The van der Waals surface area contributed by atoms with Gasteiger partial charge in [0.2, 0.25) is 0 Å². The fourth-order valence-corrected chi connectivity index (χ4v) is 1.40. The van der Waals surface area contributed by atoms with Crippen molar-refractivity contribution >= 4 is 5.78 Å². The van der Waals surface area contributed by atoms with Crippen LogP contribution in [0.5, 0.6) is 0 Å². The highest BCUT2D eigenvalue weighted by molar-refractivity contribution is 5.84. The minimum Gasteiger partial charge on any atom is -0.309 e. The first-order valence-electron chi connectivity index (χ1n) is 5.89. The van der Waals surface area contributed by atoms with Crippen LogP contribution >= 0.6 is 0 Å². The zero-order valence-electron chi connectivity index (χ0n) is 11.4. The minimum absolute atomic E-state index is 0.123. The third-order valence-corrected chi connectivity index (χ3v) is 2.85. The molecule has 0 aromatic rings. The van der Waals surface area contributed by atoms with Gasteiger partial charge in [-0.15, -0.1) is 0 Å². The summed E-state index contributed by atoms with van der Waals surface area (Å²) in [6.07, 6.45) is 1.69. The number of hydrogen-bond donors (Lipinski definition) is 1. The van der Waals surface area contributed by atoms with Gasteiger partial charge in [0.1, 0.15) is 5.78 Å². The molecule has 1 N–H and O–H groups in total. The Morgan fingerprint density at radius 2 is 1.67 bits per heavy atom. The summed E-state index contributed by atoms with van der Waals surface area (Å²) < 4.78 is 0. The SMILES string of the molecule is CCC(C)(C)NC(C)CC(=O)C(C)(C)C. The topological polar surface area (TPSA) is 29.1 Å². The third kappa shape index (κ3) is 5.93. The summed E-state index contributed by atoms with van der Waals surface area (Å²) in [5.41, 5.74) is -0.0934. The maximum atomic E-state index is 11.8. The quantitative estimate of drug-likeness (QED) is 0.760. The van der Waals surface area contributed by atoms with E-state index in [9.17, 15) is 4.79 Å². The lowest BCUT2D eigenvalue weighted by molar-refractivity contribution is -0.126. The molecular formula is C13H27NO. The normalized spacial score (nSPS) is 15.1. The number of Topliss-reactive ketones (excluding diaryl/α,β-unsaturated/α-hetero) is 1. The molecule has 1 atom stereocenters. The number of carbonyl (C=O) groups is 1. The molecule has 0 radical (unpaired) electrons. The van der Waals surface area contributed by atoms with Crippen molar-refractivity contribution in [3.63, 3.8) is 0 Å². The zero-order valence-corrected chi connectivity index (χ0v) is 11.4. The Hall–Kier alpha value is -0.370. The number of carbonyl (C=O) groups excluding carboxylic acids is 1. The van der Waals surface area contributed by atoms with Gasteiger partial charge < -0.3 is 5.32 Å². The number of nitrogens with one attached hydrogen (secondary N) is 1. The van der Waals surface area contributed by atoms with E-state index in [1.807, 2.05) is 20.8 Å². The molecule has 2 nitrogen and oxygen atoms in total. The van der Waals surface area contributed by atoms with Crippen LogP contribution in [-0.2, 0) is 4.79 Å². The molecule has 0 rings (SSSR count). The van der Waals surface area contributed by atoms with Crippen LogP contribution in [-0.4, -0.2) is 17.4 Å². The van der Waals surface area contributed by atoms with Crippen molar-refractivity contribution in [3.8, 4) is 0 Å². The van der Waals surface area contributed by atoms with Gasteiger partial charge in [0.15, 0.2) is 0 Å². The highest BCUT2D eigenvalue weighted by Crippen LogP contribution is 2.19. The van der Waals surface area contributed by atoms with Crippen molar-refractivity contribution in [2.45, 2.75) is 72.9 Å². The average Bonchev–Trinajstić information content (AvgIpc) is 2.01. The molecule has 0 spiro atoms. The Labute approximate surface area is 94.8 Å². The molecular weight excluding hydrogens is 186 g/mol. The minimum atomic E-state index is -0.216. The summed E-state index contributed by atoms with van der Waals surface area (Å²) in [7, 11) is 0. The molecule has 0 saturated heterocycles.